The second-order valence-electron chi connectivity index (χ2n) is 20.7. The topological polar surface area (TPSA) is 189 Å². The van der Waals surface area contributed by atoms with E-state index in [4.69, 9.17) is 9.47 Å². The first-order valence-corrected chi connectivity index (χ1v) is 28.9. The molecule has 0 saturated carbocycles. The molecule has 1 amide bonds. The van der Waals surface area contributed by atoms with Crippen LogP contribution in [-0.4, -0.2) is 110 Å². The Morgan fingerprint density at radius 3 is 1.10 bits per heavy atom. The molecule has 1 heterocycles. The van der Waals surface area contributed by atoms with Gasteiger partial charge < -0.3 is 50.5 Å². The summed E-state index contributed by atoms with van der Waals surface area (Å²) in [6, 6.07) is -1.16. The second-order valence-corrected chi connectivity index (χ2v) is 20.7. The number of hydrogen-bond donors (Lipinski definition) is 8. The van der Waals surface area contributed by atoms with E-state index in [-0.39, 0.29) is 6.42 Å². The van der Waals surface area contributed by atoms with E-state index in [1.807, 2.05) is 0 Å². The molecule has 0 aliphatic carbocycles. The van der Waals surface area contributed by atoms with Crippen LogP contribution >= 0.6 is 0 Å². The lowest BCUT2D eigenvalue weighted by molar-refractivity contribution is -0.303. The van der Waals surface area contributed by atoms with E-state index in [0.717, 1.165) is 38.5 Å². The van der Waals surface area contributed by atoms with E-state index < -0.39 is 74.2 Å². The predicted molar refractivity (Wildman–Crippen MR) is 275 cm³/mol. The Bertz CT molecular complexity index is 1050. The summed E-state index contributed by atoms with van der Waals surface area (Å²) in [5.41, 5.74) is 0. The molecule has 1 aliphatic heterocycles. The van der Waals surface area contributed by atoms with Gasteiger partial charge in [0.25, 0.3) is 0 Å². The zero-order chi connectivity index (χ0) is 49.0. The third kappa shape index (κ3) is 35.0. The Morgan fingerprint density at radius 2 is 0.776 bits per heavy atom. The summed E-state index contributed by atoms with van der Waals surface area (Å²) in [5, 5.41) is 76.1. The largest absolute Gasteiger partial charge is 0.394 e. The van der Waals surface area contributed by atoms with E-state index in [1.54, 1.807) is 0 Å². The van der Waals surface area contributed by atoms with Crippen molar-refractivity contribution in [3.05, 3.63) is 0 Å². The molecule has 0 aromatic rings. The van der Waals surface area contributed by atoms with Crippen molar-refractivity contribution in [3.8, 4) is 0 Å². The number of aliphatic hydroxyl groups excluding tert-OH is 7. The van der Waals surface area contributed by atoms with E-state index in [1.165, 1.54) is 205 Å². The highest BCUT2D eigenvalue weighted by Gasteiger charge is 2.44. The van der Waals surface area contributed by atoms with Crippen molar-refractivity contribution in [1.82, 2.24) is 5.32 Å². The van der Waals surface area contributed by atoms with Crippen molar-refractivity contribution in [2.45, 2.75) is 339 Å². The fourth-order valence-corrected chi connectivity index (χ4v) is 9.68. The van der Waals surface area contributed by atoms with Crippen LogP contribution in [0.15, 0.2) is 0 Å². The molecule has 1 saturated heterocycles. The summed E-state index contributed by atoms with van der Waals surface area (Å²) >= 11 is 0. The average molecular weight is 959 g/mol. The summed E-state index contributed by atoms with van der Waals surface area (Å²) in [5.74, 6) is -0.690. The summed E-state index contributed by atoms with van der Waals surface area (Å²) in [6.45, 7) is 3.49. The molecule has 0 aromatic heterocycles. The maximum atomic E-state index is 13.2. The number of carbonyl (C=O) groups excluding carboxylic acids is 1. The Hall–Kier alpha value is -0.890. The highest BCUT2D eigenvalue weighted by atomic mass is 16.7. The third-order valence-corrected chi connectivity index (χ3v) is 14.4. The van der Waals surface area contributed by atoms with Gasteiger partial charge in [0.15, 0.2) is 6.29 Å². The van der Waals surface area contributed by atoms with Gasteiger partial charge in [0.05, 0.1) is 25.4 Å². The van der Waals surface area contributed by atoms with Gasteiger partial charge in [-0.15, -0.1) is 0 Å². The SMILES string of the molecule is CCCCCCCCCCCCCCCCCCCCCCCCCCC(O)C(O)C(COC1OC(CO)C(O)C(O)C1O)NC(=O)C(O)CCCCCCCCCCCCCCCCCC. The molecule has 0 radical (unpaired) electrons. The van der Waals surface area contributed by atoms with Crippen LogP contribution in [0.4, 0.5) is 0 Å². The molecule has 1 fully saturated rings. The molecule has 0 bridgehead atoms. The van der Waals surface area contributed by atoms with Gasteiger partial charge in [-0.1, -0.05) is 271 Å². The number of hydrogen-bond acceptors (Lipinski definition) is 10. The summed E-state index contributed by atoms with van der Waals surface area (Å²) in [4.78, 5) is 13.2. The molecule has 1 rings (SSSR count). The predicted octanol–water partition coefficient (Wildman–Crippen LogP) is 11.8. The van der Waals surface area contributed by atoms with Gasteiger partial charge in [-0.25, -0.2) is 0 Å². The molecular formula is C56H111NO10. The minimum atomic E-state index is -1.66. The van der Waals surface area contributed by atoms with Gasteiger partial charge in [0.2, 0.25) is 5.91 Å². The molecule has 11 nitrogen and oxygen atoms in total. The first-order valence-electron chi connectivity index (χ1n) is 28.9. The Morgan fingerprint density at radius 1 is 0.463 bits per heavy atom. The second kappa shape index (κ2) is 46.2. The first kappa shape index (κ1) is 64.1. The van der Waals surface area contributed by atoms with Crippen molar-refractivity contribution >= 4 is 5.91 Å². The first-order chi connectivity index (χ1) is 32.7. The van der Waals surface area contributed by atoms with Crippen molar-refractivity contribution in [3.63, 3.8) is 0 Å². The molecule has 400 valence electrons. The van der Waals surface area contributed by atoms with E-state index in [0.29, 0.717) is 19.3 Å². The van der Waals surface area contributed by atoms with Crippen LogP contribution in [0.5, 0.6) is 0 Å². The molecule has 0 spiro atoms. The zero-order valence-corrected chi connectivity index (χ0v) is 43.7. The van der Waals surface area contributed by atoms with Crippen LogP contribution in [0.1, 0.15) is 284 Å². The van der Waals surface area contributed by atoms with Crippen molar-refractivity contribution in [1.29, 1.82) is 0 Å². The van der Waals surface area contributed by atoms with Gasteiger partial charge >= 0.3 is 0 Å². The summed E-state index contributed by atoms with van der Waals surface area (Å²) in [6.07, 6.45) is 40.1. The number of nitrogens with one attached hydrogen (secondary N) is 1. The lowest BCUT2D eigenvalue weighted by Gasteiger charge is -2.40. The Labute approximate surface area is 411 Å². The van der Waals surface area contributed by atoms with Gasteiger partial charge in [0.1, 0.15) is 36.6 Å². The normalized spacial score (nSPS) is 20.5. The van der Waals surface area contributed by atoms with Crippen LogP contribution in [-0.2, 0) is 14.3 Å². The number of aliphatic hydroxyl groups is 7. The lowest BCUT2D eigenvalue weighted by Crippen LogP contribution is -2.60. The minimum Gasteiger partial charge on any atom is -0.394 e. The van der Waals surface area contributed by atoms with Crippen molar-refractivity contribution in [2.24, 2.45) is 0 Å². The van der Waals surface area contributed by atoms with Crippen molar-refractivity contribution in [2.75, 3.05) is 13.2 Å². The molecule has 67 heavy (non-hydrogen) atoms. The minimum absolute atomic E-state index is 0.267. The number of ether oxygens (including phenoxy) is 2. The smallest absolute Gasteiger partial charge is 0.249 e. The van der Waals surface area contributed by atoms with Gasteiger partial charge in [-0.3, -0.25) is 4.79 Å². The molecular weight excluding hydrogens is 847 g/mol. The fourth-order valence-electron chi connectivity index (χ4n) is 9.68. The number of carbonyl (C=O) groups is 1. The Kier molecular flexibility index (Phi) is 44.2. The van der Waals surface area contributed by atoms with Crippen LogP contribution in [0.3, 0.4) is 0 Å². The van der Waals surface area contributed by atoms with E-state index in [9.17, 15) is 40.5 Å². The van der Waals surface area contributed by atoms with Gasteiger partial charge in [-0.05, 0) is 12.8 Å². The Balaban J connectivity index is 2.29. The lowest BCUT2D eigenvalue weighted by atomic mass is 9.98. The maximum absolute atomic E-state index is 13.2. The quantitative estimate of drug-likeness (QED) is 0.0273. The van der Waals surface area contributed by atoms with Crippen LogP contribution in [0.25, 0.3) is 0 Å². The van der Waals surface area contributed by atoms with Crippen LogP contribution in [0, 0.1) is 0 Å². The molecule has 9 atom stereocenters. The van der Waals surface area contributed by atoms with E-state index in [2.05, 4.69) is 19.2 Å². The van der Waals surface area contributed by atoms with Crippen LogP contribution in [0.2, 0.25) is 0 Å². The molecule has 1 aliphatic rings. The molecule has 11 heteroatoms. The maximum Gasteiger partial charge on any atom is 0.249 e. The fraction of sp³-hybridized carbons (Fsp3) is 0.982. The van der Waals surface area contributed by atoms with Gasteiger partial charge in [-0.2, -0.15) is 0 Å². The average Bonchev–Trinajstić information content (AvgIpc) is 3.33. The van der Waals surface area contributed by atoms with E-state index >= 15 is 0 Å². The highest BCUT2D eigenvalue weighted by molar-refractivity contribution is 5.80. The third-order valence-electron chi connectivity index (χ3n) is 14.4. The number of rotatable bonds is 50. The standard InChI is InChI=1S/C56H111NO10/c1-3-5-7-9-11-13-15-17-19-21-22-23-24-25-26-27-28-30-31-33-35-37-39-41-43-48(59)51(61)47(46-66-56-54(64)53(63)52(62)50(45-58)67-56)57-55(65)49(60)44-42-40-38-36-34-32-29-20-18-16-14-12-10-8-6-4-2/h47-54,56,58-64H,3-46H2,1-2H3,(H,57,65). The van der Waals surface area contributed by atoms with Crippen molar-refractivity contribution < 1.29 is 50.0 Å². The molecule has 8 N–H and O–H groups in total. The molecule has 9 unspecified atom stereocenters. The summed E-state index contributed by atoms with van der Waals surface area (Å²) in [7, 11) is 0. The zero-order valence-electron chi connectivity index (χ0n) is 43.7. The monoisotopic (exact) mass is 958 g/mol. The number of amides is 1. The highest BCUT2D eigenvalue weighted by Crippen LogP contribution is 2.24. The number of unbranched alkanes of at least 4 members (excludes halogenated alkanes) is 38. The molecule has 0 aromatic carbocycles. The summed E-state index contributed by atoms with van der Waals surface area (Å²) < 4.78 is 11.1. The van der Waals surface area contributed by atoms with Gasteiger partial charge in [0, 0.05) is 0 Å². The van der Waals surface area contributed by atoms with Crippen LogP contribution < -0.4 is 5.32 Å².